The number of thioether (sulfide) groups is 1. The molecule has 3 heteroatoms. The molecule has 0 radical (unpaired) electrons. The number of hydrogen-bond donors (Lipinski definition) is 0. The predicted octanol–water partition coefficient (Wildman–Crippen LogP) is 3.96. The van der Waals surface area contributed by atoms with E-state index in [9.17, 15) is 0 Å². The predicted molar refractivity (Wildman–Crippen MR) is 60.9 cm³/mol. The van der Waals surface area contributed by atoms with Gasteiger partial charge < -0.3 is 4.74 Å². The normalized spacial score (nSPS) is 22.2. The van der Waals surface area contributed by atoms with Gasteiger partial charge in [-0.2, -0.15) is 0 Å². The maximum absolute atomic E-state index is 5.81. The van der Waals surface area contributed by atoms with Crippen LogP contribution in [0.5, 0.6) is 0 Å². The molecule has 0 aromatic heterocycles. The van der Waals surface area contributed by atoms with Crippen LogP contribution in [0.4, 0.5) is 0 Å². The summed E-state index contributed by atoms with van der Waals surface area (Å²) in [4.78, 5) is 1.24. The SMILES string of the molecule is Clc1ccc(SC2CCCCO2)cc1. The van der Waals surface area contributed by atoms with Crippen LogP contribution < -0.4 is 0 Å². The van der Waals surface area contributed by atoms with Gasteiger partial charge in [-0.3, -0.25) is 0 Å². The second-order valence-corrected chi connectivity index (χ2v) is 5.04. The molecule has 2 rings (SSSR count). The molecule has 0 saturated carbocycles. The molecule has 1 aromatic carbocycles. The van der Waals surface area contributed by atoms with E-state index in [4.69, 9.17) is 16.3 Å². The molecule has 1 nitrogen and oxygen atoms in total. The number of hydrogen-bond acceptors (Lipinski definition) is 2. The fourth-order valence-electron chi connectivity index (χ4n) is 1.47. The zero-order chi connectivity index (χ0) is 9.80. The van der Waals surface area contributed by atoms with E-state index < -0.39 is 0 Å². The lowest BCUT2D eigenvalue weighted by Gasteiger charge is -2.21. The van der Waals surface area contributed by atoms with Gasteiger partial charge >= 0.3 is 0 Å². The smallest absolute Gasteiger partial charge is 0.107 e. The molecule has 1 unspecified atom stereocenters. The van der Waals surface area contributed by atoms with Crippen molar-refractivity contribution in [2.45, 2.75) is 29.6 Å². The summed E-state index contributed by atoms with van der Waals surface area (Å²) < 4.78 is 5.64. The number of rotatable bonds is 2. The lowest BCUT2D eigenvalue weighted by atomic mass is 10.2. The summed E-state index contributed by atoms with van der Waals surface area (Å²) in [7, 11) is 0. The molecule has 76 valence electrons. The standard InChI is InChI=1S/C11H13ClOS/c12-9-4-6-10(7-5-9)14-11-3-1-2-8-13-11/h4-7,11H,1-3,8H2. The van der Waals surface area contributed by atoms with Crippen molar-refractivity contribution in [3.8, 4) is 0 Å². The molecule has 0 bridgehead atoms. The minimum absolute atomic E-state index is 0.338. The maximum Gasteiger partial charge on any atom is 0.107 e. The summed E-state index contributed by atoms with van der Waals surface area (Å²) in [6, 6.07) is 7.94. The third-order valence-corrected chi connectivity index (χ3v) is 3.65. The lowest BCUT2D eigenvalue weighted by Crippen LogP contribution is -2.14. The Morgan fingerprint density at radius 1 is 1.21 bits per heavy atom. The van der Waals surface area contributed by atoms with Crippen LogP contribution in [-0.2, 0) is 4.74 Å². The van der Waals surface area contributed by atoms with Gasteiger partial charge in [-0.25, -0.2) is 0 Å². The van der Waals surface area contributed by atoms with Gasteiger partial charge in [0.1, 0.15) is 5.44 Å². The quantitative estimate of drug-likeness (QED) is 0.758. The topological polar surface area (TPSA) is 9.23 Å². The van der Waals surface area contributed by atoms with Crippen LogP contribution in [0.15, 0.2) is 29.2 Å². The minimum atomic E-state index is 0.338. The van der Waals surface area contributed by atoms with Crippen molar-refractivity contribution < 1.29 is 4.74 Å². The molecule has 0 N–H and O–H groups in total. The molecular formula is C11H13ClOS. The van der Waals surface area contributed by atoms with Crippen LogP contribution in [0.25, 0.3) is 0 Å². The Kier molecular flexibility index (Phi) is 3.74. The fraction of sp³-hybridized carbons (Fsp3) is 0.455. The highest BCUT2D eigenvalue weighted by Gasteiger charge is 2.14. The second kappa shape index (κ2) is 5.06. The molecule has 1 atom stereocenters. The second-order valence-electron chi connectivity index (χ2n) is 3.37. The first-order valence-corrected chi connectivity index (χ1v) is 6.14. The molecule has 1 heterocycles. The molecule has 0 spiro atoms. The van der Waals surface area contributed by atoms with Crippen molar-refractivity contribution in [1.29, 1.82) is 0 Å². The highest BCUT2D eigenvalue weighted by molar-refractivity contribution is 7.99. The van der Waals surface area contributed by atoms with E-state index in [0.29, 0.717) is 5.44 Å². The molecule has 0 aliphatic carbocycles. The fourth-order valence-corrected chi connectivity index (χ4v) is 2.64. The van der Waals surface area contributed by atoms with Gasteiger partial charge in [0.25, 0.3) is 0 Å². The van der Waals surface area contributed by atoms with E-state index in [1.54, 1.807) is 11.8 Å². The number of halogens is 1. The molecular weight excluding hydrogens is 216 g/mol. The highest BCUT2D eigenvalue weighted by atomic mass is 35.5. The third kappa shape index (κ3) is 2.91. The summed E-state index contributed by atoms with van der Waals surface area (Å²) in [5, 5.41) is 0.791. The Morgan fingerprint density at radius 2 is 2.00 bits per heavy atom. The number of benzene rings is 1. The van der Waals surface area contributed by atoms with Gasteiger partial charge in [0.15, 0.2) is 0 Å². The van der Waals surface area contributed by atoms with E-state index in [-0.39, 0.29) is 0 Å². The molecule has 1 fully saturated rings. The van der Waals surface area contributed by atoms with Crippen LogP contribution in [0.2, 0.25) is 5.02 Å². The molecule has 1 aliphatic rings. The Hall–Kier alpha value is -0.180. The monoisotopic (exact) mass is 228 g/mol. The minimum Gasteiger partial charge on any atom is -0.367 e. The van der Waals surface area contributed by atoms with Crippen LogP contribution in [0, 0.1) is 0 Å². The van der Waals surface area contributed by atoms with Crippen LogP contribution in [0.1, 0.15) is 19.3 Å². The van der Waals surface area contributed by atoms with E-state index in [2.05, 4.69) is 0 Å². The Balaban J connectivity index is 1.92. The van der Waals surface area contributed by atoms with Crippen molar-refractivity contribution in [2.75, 3.05) is 6.61 Å². The Labute approximate surface area is 93.8 Å². The first-order chi connectivity index (χ1) is 6.84. The van der Waals surface area contributed by atoms with Crippen molar-refractivity contribution in [3.05, 3.63) is 29.3 Å². The summed E-state index contributed by atoms with van der Waals surface area (Å²) in [5.74, 6) is 0. The van der Waals surface area contributed by atoms with Crippen molar-refractivity contribution in [2.24, 2.45) is 0 Å². The lowest BCUT2D eigenvalue weighted by molar-refractivity contribution is 0.0728. The average Bonchev–Trinajstić information content (AvgIpc) is 2.23. The largest absolute Gasteiger partial charge is 0.367 e. The number of ether oxygens (including phenoxy) is 1. The van der Waals surface area contributed by atoms with Crippen molar-refractivity contribution in [3.63, 3.8) is 0 Å². The summed E-state index contributed by atoms with van der Waals surface area (Å²) in [5.41, 5.74) is 0.338. The van der Waals surface area contributed by atoms with Crippen molar-refractivity contribution in [1.82, 2.24) is 0 Å². The van der Waals surface area contributed by atoms with Gasteiger partial charge in [-0.05, 0) is 43.5 Å². The summed E-state index contributed by atoms with van der Waals surface area (Å²) in [6.07, 6.45) is 3.65. The molecule has 14 heavy (non-hydrogen) atoms. The molecule has 1 aliphatic heterocycles. The van der Waals surface area contributed by atoms with Gasteiger partial charge in [0.2, 0.25) is 0 Å². The zero-order valence-electron chi connectivity index (χ0n) is 7.91. The Bertz CT molecular complexity index is 280. The van der Waals surface area contributed by atoms with Gasteiger partial charge in [0, 0.05) is 16.5 Å². The van der Waals surface area contributed by atoms with E-state index in [0.717, 1.165) is 18.1 Å². The average molecular weight is 229 g/mol. The van der Waals surface area contributed by atoms with Crippen molar-refractivity contribution >= 4 is 23.4 Å². The molecule has 0 amide bonds. The van der Waals surface area contributed by atoms with Crippen LogP contribution >= 0.6 is 23.4 Å². The van der Waals surface area contributed by atoms with Crippen LogP contribution in [0.3, 0.4) is 0 Å². The maximum atomic E-state index is 5.81. The van der Waals surface area contributed by atoms with Gasteiger partial charge in [-0.1, -0.05) is 23.4 Å². The van der Waals surface area contributed by atoms with Gasteiger partial charge in [-0.15, -0.1) is 0 Å². The third-order valence-electron chi connectivity index (χ3n) is 2.22. The van der Waals surface area contributed by atoms with Gasteiger partial charge in [0.05, 0.1) is 0 Å². The Morgan fingerprint density at radius 3 is 2.64 bits per heavy atom. The van der Waals surface area contributed by atoms with E-state index in [1.165, 1.54) is 17.7 Å². The summed E-state index contributed by atoms with van der Waals surface area (Å²) in [6.45, 7) is 0.908. The molecule has 1 aromatic rings. The zero-order valence-corrected chi connectivity index (χ0v) is 9.48. The van der Waals surface area contributed by atoms with E-state index in [1.807, 2.05) is 24.3 Å². The first kappa shape index (κ1) is 10.3. The highest BCUT2D eigenvalue weighted by Crippen LogP contribution is 2.30. The first-order valence-electron chi connectivity index (χ1n) is 4.88. The molecule has 1 saturated heterocycles. The van der Waals surface area contributed by atoms with E-state index >= 15 is 0 Å². The summed E-state index contributed by atoms with van der Waals surface area (Å²) >= 11 is 7.61. The van der Waals surface area contributed by atoms with Crippen LogP contribution in [-0.4, -0.2) is 12.0 Å².